The predicted octanol–water partition coefficient (Wildman–Crippen LogP) is -2.40. The molecule has 0 fully saturated rings. The van der Waals surface area contributed by atoms with Crippen molar-refractivity contribution in [3.8, 4) is 0 Å². The first-order valence-electron chi connectivity index (χ1n) is 5.56. The van der Waals surface area contributed by atoms with Crippen molar-refractivity contribution in [2.45, 2.75) is 6.92 Å². The van der Waals surface area contributed by atoms with Gasteiger partial charge in [0.25, 0.3) is 0 Å². The van der Waals surface area contributed by atoms with Crippen LogP contribution in [0.25, 0.3) is 5.32 Å². The smallest absolute Gasteiger partial charge is 0.442 e. The average Bonchev–Trinajstić information content (AvgIpc) is 2.40. The van der Waals surface area contributed by atoms with Crippen LogP contribution in [-0.2, 0) is 14.2 Å². The molecule has 0 saturated heterocycles. The Labute approximate surface area is 132 Å². The molecule has 0 aromatic heterocycles. The maximum absolute atomic E-state index is 4.88. The van der Waals surface area contributed by atoms with Crippen LogP contribution in [0.1, 0.15) is 6.92 Å². The number of guanidine groups is 1. The first-order valence-corrected chi connectivity index (χ1v) is 5.56. The quantitative estimate of drug-likeness (QED) is 0.294. The summed E-state index contributed by atoms with van der Waals surface area (Å²) in [6.45, 7) is 6.21. The third-order valence-corrected chi connectivity index (χ3v) is 1.73. The Balaban J connectivity index is 0. The Morgan fingerprint density at radius 1 is 1.05 bits per heavy atom. The fourth-order valence-electron chi connectivity index (χ4n) is 0.930. The molecule has 8 nitrogen and oxygen atoms in total. The summed E-state index contributed by atoms with van der Waals surface area (Å²) in [5.74, 6) is 1.50. The molecule has 20 heavy (non-hydrogen) atoms. The van der Waals surface area contributed by atoms with E-state index in [1.54, 1.807) is 28.3 Å². The van der Waals surface area contributed by atoms with E-state index in [0.717, 1.165) is 0 Å². The summed E-state index contributed by atoms with van der Waals surface area (Å²) in [7, 11) is 4.67. The molecule has 0 aliphatic carbocycles. The zero-order chi connectivity index (χ0) is 14.5. The largest absolute Gasteiger partial charge is 1.00 e. The number of hydrogen-bond acceptors (Lipinski definition) is 5. The maximum atomic E-state index is 4.88. The van der Waals surface area contributed by atoms with Gasteiger partial charge in [-0.25, -0.2) is 9.98 Å². The standard InChI is InChI=1S/C11H22N5O3.Li/c1-9(12-6-17-3)15-11(14-8-19-5)16-10(2)13-7-18-4;/h1,6-8H2,2-5H3,(H2,13,14,15,16);/q-1;+1. The van der Waals surface area contributed by atoms with Crippen molar-refractivity contribution in [2.75, 3.05) is 41.5 Å². The van der Waals surface area contributed by atoms with Crippen LogP contribution in [0.4, 0.5) is 0 Å². The number of hydrogen-bond donors (Lipinski definition) is 2. The Bertz CT molecular complexity index is 323. The molecule has 0 radical (unpaired) electrons. The molecule has 0 saturated carbocycles. The molecular formula is C11H22LiN5O3. The van der Waals surface area contributed by atoms with Gasteiger partial charge in [0.1, 0.15) is 25.3 Å². The van der Waals surface area contributed by atoms with Crippen molar-refractivity contribution in [1.82, 2.24) is 10.6 Å². The Morgan fingerprint density at radius 2 is 1.65 bits per heavy atom. The molecule has 0 aromatic rings. The maximum Gasteiger partial charge on any atom is 1.00 e. The SMILES string of the molecule is C=C([N-]COC)N/C(=N\COC)N/C(C)=N\COC.[Li+]. The second-order valence-corrected chi connectivity index (χ2v) is 3.36. The zero-order valence-corrected chi connectivity index (χ0v) is 12.9. The summed E-state index contributed by atoms with van der Waals surface area (Å²) in [4.78, 5) is 8.22. The summed E-state index contributed by atoms with van der Waals surface area (Å²) in [5, 5.41) is 9.86. The van der Waals surface area contributed by atoms with Crippen molar-refractivity contribution >= 4 is 11.8 Å². The summed E-state index contributed by atoms with van der Waals surface area (Å²) in [5.41, 5.74) is 0. The van der Waals surface area contributed by atoms with Crippen molar-refractivity contribution < 1.29 is 33.1 Å². The fourth-order valence-corrected chi connectivity index (χ4v) is 0.930. The van der Waals surface area contributed by atoms with Crippen molar-refractivity contribution in [3.05, 3.63) is 17.7 Å². The Kier molecular flexibility index (Phi) is 15.3. The van der Waals surface area contributed by atoms with Crippen molar-refractivity contribution in [3.63, 3.8) is 0 Å². The van der Waals surface area contributed by atoms with Crippen molar-refractivity contribution in [2.24, 2.45) is 9.98 Å². The van der Waals surface area contributed by atoms with Gasteiger partial charge in [0, 0.05) is 21.3 Å². The van der Waals surface area contributed by atoms with E-state index < -0.39 is 0 Å². The molecule has 2 N–H and O–H groups in total. The number of ether oxygens (including phenoxy) is 3. The van der Waals surface area contributed by atoms with Crippen LogP contribution in [-0.4, -0.2) is 53.3 Å². The monoisotopic (exact) mass is 279 g/mol. The van der Waals surface area contributed by atoms with Crippen LogP contribution in [0, 0.1) is 0 Å². The molecule has 0 unspecified atom stereocenters. The van der Waals surface area contributed by atoms with E-state index in [-0.39, 0.29) is 39.1 Å². The Hall–Kier alpha value is -1.04. The van der Waals surface area contributed by atoms with Gasteiger partial charge in [-0.3, -0.25) is 0 Å². The predicted molar refractivity (Wildman–Crippen MR) is 74.9 cm³/mol. The minimum absolute atomic E-state index is 0. The van der Waals surface area contributed by atoms with Gasteiger partial charge in [-0.1, -0.05) is 5.82 Å². The number of nitrogens with zero attached hydrogens (tertiary/aromatic N) is 3. The first-order chi connectivity index (χ1) is 9.13. The van der Waals surface area contributed by atoms with Gasteiger partial charge in [0.05, 0.1) is 6.73 Å². The van der Waals surface area contributed by atoms with E-state index in [1.807, 2.05) is 0 Å². The third-order valence-electron chi connectivity index (χ3n) is 1.73. The van der Waals surface area contributed by atoms with E-state index in [2.05, 4.69) is 32.5 Å². The zero-order valence-electron chi connectivity index (χ0n) is 12.9. The molecule has 0 aliphatic heterocycles. The fraction of sp³-hybridized carbons (Fsp3) is 0.636. The van der Waals surface area contributed by atoms with Crippen molar-refractivity contribution in [1.29, 1.82) is 0 Å². The van der Waals surface area contributed by atoms with Gasteiger partial charge in [0.2, 0.25) is 0 Å². The van der Waals surface area contributed by atoms with Gasteiger partial charge < -0.3 is 30.2 Å². The van der Waals surface area contributed by atoms with E-state index >= 15 is 0 Å². The average molecular weight is 279 g/mol. The number of rotatable bonds is 8. The van der Waals surface area contributed by atoms with Crippen LogP contribution in [0.5, 0.6) is 0 Å². The number of amidine groups is 1. The second kappa shape index (κ2) is 14.4. The van der Waals surface area contributed by atoms with Gasteiger partial charge in [-0.05, 0) is 6.92 Å². The third kappa shape index (κ3) is 12.0. The van der Waals surface area contributed by atoms with Crippen LogP contribution in [0.3, 0.4) is 0 Å². The normalized spacial score (nSPS) is 11.6. The van der Waals surface area contributed by atoms with Crippen LogP contribution in [0.15, 0.2) is 22.4 Å². The molecule has 0 heterocycles. The van der Waals surface area contributed by atoms with Gasteiger partial charge >= 0.3 is 18.9 Å². The number of methoxy groups -OCH3 is 3. The first kappa shape index (κ1) is 21.3. The minimum atomic E-state index is 0. The summed E-state index contributed by atoms with van der Waals surface area (Å²) in [6.07, 6.45) is 0. The number of nitrogens with one attached hydrogen (secondary N) is 2. The molecule has 0 amide bonds. The molecular weight excluding hydrogens is 257 g/mol. The molecule has 0 bridgehead atoms. The molecule has 0 aliphatic rings. The number of aliphatic imine (C=N–C) groups is 2. The van der Waals surface area contributed by atoms with Gasteiger partial charge in [-0.2, -0.15) is 0 Å². The topological polar surface area (TPSA) is 90.6 Å². The molecule has 110 valence electrons. The van der Waals surface area contributed by atoms with Crippen LogP contribution in [0.2, 0.25) is 0 Å². The molecule has 0 rings (SSSR count). The van der Waals surface area contributed by atoms with E-state index in [9.17, 15) is 0 Å². The molecule has 0 spiro atoms. The van der Waals surface area contributed by atoms with E-state index in [4.69, 9.17) is 14.2 Å². The van der Waals surface area contributed by atoms with Gasteiger partial charge in [0.15, 0.2) is 0 Å². The van der Waals surface area contributed by atoms with Crippen LogP contribution < -0.4 is 29.5 Å². The molecule has 0 aromatic carbocycles. The van der Waals surface area contributed by atoms with Gasteiger partial charge in [-0.15, -0.1) is 6.58 Å². The van der Waals surface area contributed by atoms with Crippen LogP contribution >= 0.6 is 0 Å². The minimum Gasteiger partial charge on any atom is -0.442 e. The Morgan fingerprint density at radius 3 is 2.20 bits per heavy atom. The molecule has 0 atom stereocenters. The summed E-state index contributed by atoms with van der Waals surface area (Å²) >= 11 is 0. The molecule has 9 heteroatoms. The summed E-state index contributed by atoms with van der Waals surface area (Å²) in [6, 6.07) is 0. The van der Waals surface area contributed by atoms with E-state index in [0.29, 0.717) is 17.6 Å². The second-order valence-electron chi connectivity index (χ2n) is 3.36. The van der Waals surface area contributed by atoms with E-state index in [1.165, 1.54) is 0 Å². The summed E-state index contributed by atoms with van der Waals surface area (Å²) < 4.78 is 14.5.